The summed E-state index contributed by atoms with van der Waals surface area (Å²) in [5.41, 5.74) is 0.461. The third-order valence-electron chi connectivity index (χ3n) is 2.30. The molecule has 0 aliphatic carbocycles. The first-order valence-electron chi connectivity index (χ1n) is 4.89. The number of methoxy groups -OCH3 is 2. The highest BCUT2D eigenvalue weighted by molar-refractivity contribution is 5.72. The van der Waals surface area contributed by atoms with Gasteiger partial charge in [0.1, 0.15) is 11.4 Å². The molecule has 0 N–H and O–H groups in total. The summed E-state index contributed by atoms with van der Waals surface area (Å²) >= 11 is 0. The van der Waals surface area contributed by atoms with Gasteiger partial charge in [-0.15, -0.1) is 0 Å². The third kappa shape index (κ3) is 3.12. The number of pyridine rings is 1. The Bertz CT molecular complexity index is 421. The molecule has 1 aromatic rings. The highest BCUT2D eigenvalue weighted by Crippen LogP contribution is 2.29. The van der Waals surface area contributed by atoms with Gasteiger partial charge in [0.05, 0.1) is 20.6 Å². The van der Waals surface area contributed by atoms with Gasteiger partial charge in [0.15, 0.2) is 0 Å². The van der Waals surface area contributed by atoms with E-state index in [-0.39, 0.29) is 12.2 Å². The van der Waals surface area contributed by atoms with E-state index in [2.05, 4.69) is 9.72 Å². The molecule has 0 atom stereocenters. The Labute approximate surface area is 97.6 Å². The molecule has 0 saturated carbocycles. The Morgan fingerprint density at radius 3 is 2.59 bits per heavy atom. The van der Waals surface area contributed by atoms with E-state index < -0.39 is 18.1 Å². The number of halogens is 2. The minimum Gasteiger partial charge on any atom is -0.495 e. The Morgan fingerprint density at radius 1 is 1.47 bits per heavy atom. The molecule has 0 aromatic carbocycles. The van der Waals surface area contributed by atoms with Crippen molar-refractivity contribution < 1.29 is 23.0 Å². The minimum absolute atomic E-state index is 0.0186. The molecule has 0 aliphatic heterocycles. The molecule has 0 radical (unpaired) electrons. The standard InChI is InChI=1S/C11H13F2NO3/c1-6-7(5-9(15)17-3)4-8(16-2)10(14-6)11(12)13/h4,11H,5H2,1-3H3. The first kappa shape index (κ1) is 13.3. The lowest BCUT2D eigenvalue weighted by Crippen LogP contribution is -2.09. The monoisotopic (exact) mass is 245 g/mol. The van der Waals surface area contributed by atoms with Crippen molar-refractivity contribution >= 4 is 5.97 Å². The molecule has 0 fully saturated rings. The van der Waals surface area contributed by atoms with Gasteiger partial charge in [-0.05, 0) is 18.6 Å². The van der Waals surface area contributed by atoms with E-state index in [0.29, 0.717) is 11.3 Å². The molecule has 4 nitrogen and oxygen atoms in total. The van der Waals surface area contributed by atoms with Crippen LogP contribution in [0.4, 0.5) is 8.78 Å². The lowest BCUT2D eigenvalue weighted by molar-refractivity contribution is -0.139. The Morgan fingerprint density at radius 2 is 2.12 bits per heavy atom. The number of carbonyl (C=O) groups is 1. The second-order valence-electron chi connectivity index (χ2n) is 3.37. The number of carbonyl (C=O) groups excluding carboxylic acids is 1. The molecule has 17 heavy (non-hydrogen) atoms. The van der Waals surface area contributed by atoms with Gasteiger partial charge in [-0.2, -0.15) is 0 Å². The van der Waals surface area contributed by atoms with E-state index >= 15 is 0 Å². The molecule has 1 rings (SSSR count). The largest absolute Gasteiger partial charge is 0.495 e. The van der Waals surface area contributed by atoms with E-state index in [0.717, 1.165) is 0 Å². The van der Waals surface area contributed by atoms with Crippen molar-refractivity contribution in [1.82, 2.24) is 4.98 Å². The molecule has 0 aliphatic rings. The molecule has 0 bridgehead atoms. The van der Waals surface area contributed by atoms with E-state index in [9.17, 15) is 13.6 Å². The van der Waals surface area contributed by atoms with Gasteiger partial charge in [-0.25, -0.2) is 13.8 Å². The van der Waals surface area contributed by atoms with Crippen LogP contribution in [0.15, 0.2) is 6.07 Å². The van der Waals surface area contributed by atoms with E-state index in [1.54, 1.807) is 6.92 Å². The lowest BCUT2D eigenvalue weighted by Gasteiger charge is -2.11. The second kappa shape index (κ2) is 5.56. The fourth-order valence-corrected chi connectivity index (χ4v) is 1.37. The fraction of sp³-hybridized carbons (Fsp3) is 0.455. The minimum atomic E-state index is -2.71. The van der Waals surface area contributed by atoms with Crippen LogP contribution < -0.4 is 4.74 Å². The van der Waals surface area contributed by atoms with Crippen LogP contribution in [-0.2, 0) is 16.0 Å². The van der Waals surface area contributed by atoms with Crippen LogP contribution in [0.2, 0.25) is 0 Å². The molecule has 0 amide bonds. The SMILES string of the molecule is COC(=O)Cc1cc(OC)c(C(F)F)nc1C. The van der Waals surface area contributed by atoms with E-state index in [1.165, 1.54) is 20.3 Å². The van der Waals surface area contributed by atoms with Gasteiger partial charge in [0.2, 0.25) is 0 Å². The van der Waals surface area contributed by atoms with Crippen LogP contribution in [0.1, 0.15) is 23.4 Å². The van der Waals surface area contributed by atoms with Crippen LogP contribution in [0, 0.1) is 6.92 Å². The molecule has 1 aromatic heterocycles. The average Bonchev–Trinajstić information content (AvgIpc) is 2.30. The smallest absolute Gasteiger partial charge is 0.310 e. The van der Waals surface area contributed by atoms with Crippen molar-refractivity contribution in [2.24, 2.45) is 0 Å². The Hall–Kier alpha value is -1.72. The summed E-state index contributed by atoms with van der Waals surface area (Å²) in [6.07, 6.45) is -2.73. The van der Waals surface area contributed by atoms with Gasteiger partial charge < -0.3 is 9.47 Å². The molecule has 0 unspecified atom stereocenters. The molecule has 6 heteroatoms. The zero-order valence-corrected chi connectivity index (χ0v) is 9.79. The average molecular weight is 245 g/mol. The number of hydrogen-bond donors (Lipinski definition) is 0. The third-order valence-corrected chi connectivity index (χ3v) is 2.30. The summed E-state index contributed by atoms with van der Waals surface area (Å²) in [6, 6.07) is 1.39. The van der Waals surface area contributed by atoms with E-state index in [4.69, 9.17) is 4.74 Å². The topological polar surface area (TPSA) is 48.4 Å². The number of esters is 1. The van der Waals surface area contributed by atoms with Crippen molar-refractivity contribution in [3.8, 4) is 5.75 Å². The van der Waals surface area contributed by atoms with Crippen LogP contribution in [0.5, 0.6) is 5.75 Å². The van der Waals surface area contributed by atoms with E-state index in [1.807, 2.05) is 0 Å². The number of aromatic nitrogens is 1. The quantitative estimate of drug-likeness (QED) is 0.762. The van der Waals surface area contributed by atoms with Gasteiger partial charge in [-0.1, -0.05) is 0 Å². The first-order chi connectivity index (χ1) is 7.99. The first-order valence-corrected chi connectivity index (χ1v) is 4.89. The Balaban J connectivity index is 3.13. The zero-order valence-electron chi connectivity index (χ0n) is 9.79. The van der Waals surface area contributed by atoms with Crippen molar-refractivity contribution in [3.63, 3.8) is 0 Å². The van der Waals surface area contributed by atoms with Crippen LogP contribution >= 0.6 is 0 Å². The van der Waals surface area contributed by atoms with Crippen molar-refractivity contribution in [1.29, 1.82) is 0 Å². The predicted molar refractivity (Wildman–Crippen MR) is 56.2 cm³/mol. The number of alkyl halides is 2. The van der Waals surface area contributed by atoms with Gasteiger partial charge in [0.25, 0.3) is 6.43 Å². The summed E-state index contributed by atoms with van der Waals surface area (Å²) in [6.45, 7) is 1.56. The summed E-state index contributed by atoms with van der Waals surface area (Å²) < 4.78 is 34.6. The summed E-state index contributed by atoms with van der Waals surface area (Å²) in [7, 11) is 2.54. The highest BCUT2D eigenvalue weighted by atomic mass is 19.3. The van der Waals surface area contributed by atoms with Gasteiger partial charge in [-0.3, -0.25) is 4.79 Å². The molecule has 94 valence electrons. The fourth-order valence-electron chi connectivity index (χ4n) is 1.37. The maximum absolute atomic E-state index is 12.6. The molecular formula is C11H13F2NO3. The molecule has 0 saturated heterocycles. The van der Waals surface area contributed by atoms with Gasteiger partial charge in [0, 0.05) is 5.69 Å². The van der Waals surface area contributed by atoms with Crippen molar-refractivity contribution in [2.45, 2.75) is 19.8 Å². The van der Waals surface area contributed by atoms with Crippen molar-refractivity contribution in [3.05, 3.63) is 23.0 Å². The van der Waals surface area contributed by atoms with Crippen LogP contribution in [0.25, 0.3) is 0 Å². The maximum Gasteiger partial charge on any atom is 0.310 e. The Kier molecular flexibility index (Phi) is 4.37. The van der Waals surface area contributed by atoms with Crippen LogP contribution in [-0.4, -0.2) is 25.2 Å². The molecule has 1 heterocycles. The summed E-state index contributed by atoms with van der Waals surface area (Å²) in [5.74, 6) is -0.480. The van der Waals surface area contributed by atoms with Crippen molar-refractivity contribution in [2.75, 3.05) is 14.2 Å². The zero-order chi connectivity index (χ0) is 13.0. The number of hydrogen-bond acceptors (Lipinski definition) is 4. The summed E-state index contributed by atoms with van der Waals surface area (Å²) in [5, 5.41) is 0. The number of rotatable bonds is 4. The summed E-state index contributed by atoms with van der Waals surface area (Å²) in [4.78, 5) is 14.9. The lowest BCUT2D eigenvalue weighted by atomic mass is 10.1. The number of nitrogens with zero attached hydrogens (tertiary/aromatic N) is 1. The number of aryl methyl sites for hydroxylation is 1. The second-order valence-corrected chi connectivity index (χ2v) is 3.37. The van der Waals surface area contributed by atoms with Gasteiger partial charge >= 0.3 is 5.97 Å². The molecular weight excluding hydrogens is 232 g/mol. The maximum atomic E-state index is 12.6. The molecule has 0 spiro atoms. The van der Waals surface area contributed by atoms with Crippen LogP contribution in [0.3, 0.4) is 0 Å². The normalized spacial score (nSPS) is 10.5. The predicted octanol–water partition coefficient (Wildman–Crippen LogP) is 2.05. The highest BCUT2D eigenvalue weighted by Gasteiger charge is 2.19. The number of ether oxygens (including phenoxy) is 2.